The number of alkyl halides is 3. The van der Waals surface area contributed by atoms with E-state index in [2.05, 4.69) is 240 Å². The third kappa shape index (κ3) is 15.9. The van der Waals surface area contributed by atoms with Crippen LogP contribution in [0.3, 0.4) is 0 Å². The second-order valence-corrected chi connectivity index (χ2v) is 32.6. The molecule has 4 heterocycles. The number of para-hydroxylation sites is 8. The summed E-state index contributed by atoms with van der Waals surface area (Å²) in [7, 11) is -5.93. The van der Waals surface area contributed by atoms with Crippen molar-refractivity contribution in [2.45, 2.75) is 20.4 Å². The molecule has 115 heavy (non-hydrogen) atoms. The van der Waals surface area contributed by atoms with Crippen LogP contribution in [-0.2, 0) is 10.1 Å². The van der Waals surface area contributed by atoms with Crippen LogP contribution in [0.5, 0.6) is 5.75 Å². The molecule has 20 rings (SSSR count). The maximum atomic E-state index is 13.5. The van der Waals surface area contributed by atoms with Crippen molar-refractivity contribution in [3.63, 3.8) is 0 Å². The monoisotopic (exact) mass is 1620 g/mol. The summed E-state index contributed by atoms with van der Waals surface area (Å²) >= 11 is 6.95. The van der Waals surface area contributed by atoms with Gasteiger partial charge in [-0.1, -0.05) is 221 Å². The molecular formula is C99H75F3N4O3PS5-. The summed E-state index contributed by atoms with van der Waals surface area (Å²) < 4.78 is 79.0. The van der Waals surface area contributed by atoms with Crippen LogP contribution < -0.4 is 24.2 Å². The molecule has 0 saturated carbocycles. The van der Waals surface area contributed by atoms with Gasteiger partial charge in [0.15, 0.2) is 0 Å². The van der Waals surface area contributed by atoms with Crippen molar-refractivity contribution in [2.24, 2.45) is 0 Å². The fourth-order valence-electron chi connectivity index (χ4n) is 14.5. The van der Waals surface area contributed by atoms with Gasteiger partial charge in [-0.3, -0.25) is 0 Å². The zero-order chi connectivity index (χ0) is 75.7. The van der Waals surface area contributed by atoms with Gasteiger partial charge in [0, 0.05) is 129 Å². The van der Waals surface area contributed by atoms with E-state index in [0.29, 0.717) is 11.1 Å². The summed E-state index contributed by atoms with van der Waals surface area (Å²) in [4.78, 5) is 6.67. The smallest absolute Gasteiger partial charge is 0.534 e. The highest BCUT2D eigenvalue weighted by molar-refractivity contribution is 7.88. The van der Waals surface area contributed by atoms with Crippen molar-refractivity contribution in [3.05, 3.63) is 388 Å². The molecule has 0 atom stereocenters. The molecule has 7 nitrogen and oxygen atoms in total. The molecule has 4 aromatic heterocycles. The molecule has 0 fully saturated rings. The minimum absolute atomic E-state index is 0. The topological polar surface area (TPSA) is 65.1 Å². The zero-order valence-electron chi connectivity index (χ0n) is 60.3. The number of halogens is 3. The average molecular weight is 1620 g/mol. The zero-order valence-corrected chi connectivity index (χ0v) is 65.5. The Bertz CT molecular complexity index is 6750. The number of nitrogens with one attached hydrogen (secondary N) is 1. The normalized spacial score (nSPS) is 11.3. The first-order valence-electron chi connectivity index (χ1n) is 36.3. The molecule has 0 radical (unpaired) electrons. The van der Waals surface area contributed by atoms with Gasteiger partial charge in [0.05, 0.1) is 20.8 Å². The van der Waals surface area contributed by atoms with Gasteiger partial charge in [-0.05, 0) is 198 Å². The number of nitrogens with zero attached hydrogens (tertiary/aromatic N) is 3. The summed E-state index contributed by atoms with van der Waals surface area (Å²) in [5.41, 5.74) is 9.71. The SMILES string of the molecule is C.C.O=S(=O)(Oc1cc(N(c2ccccc2)c2ccccc2)c2sc3ccc(-c4ccc5sc6ccccc6c5c4)cc3c2c1)C(F)(F)F.[PH2-].c1ccc(N(c2ccccc2)c2cc(N(c3ccccc3)c3ccccc3)c3sc4ccc(-c5ccc6sc7ccccc7c6c5)cc4c3c2)cc1.c1ccc(Nc2ccccc2)cc1. The lowest BCUT2D eigenvalue weighted by atomic mass is 10.00. The number of rotatable bonds is 15. The van der Waals surface area contributed by atoms with Crippen molar-refractivity contribution in [2.75, 3.05) is 20.0 Å². The van der Waals surface area contributed by atoms with Crippen molar-refractivity contribution >= 4 is 209 Å². The fraction of sp³-hybridized carbons (Fsp3) is 0.0303. The first-order valence-corrected chi connectivity index (χ1v) is 41.0. The van der Waals surface area contributed by atoms with Crippen molar-refractivity contribution in [1.82, 2.24) is 0 Å². The summed E-state index contributed by atoms with van der Waals surface area (Å²) in [5.74, 6) is -0.432. The number of hydrogen-bond acceptors (Lipinski definition) is 11. The van der Waals surface area contributed by atoms with Gasteiger partial charge in [0.25, 0.3) is 0 Å². The summed E-state index contributed by atoms with van der Waals surface area (Å²) in [6.07, 6.45) is 0. The molecule has 16 aromatic carbocycles. The predicted octanol–water partition coefficient (Wildman–Crippen LogP) is 31.8. The average Bonchev–Trinajstić information content (AvgIpc) is 1.61. The van der Waals surface area contributed by atoms with Gasteiger partial charge < -0.3 is 34.1 Å². The van der Waals surface area contributed by atoms with Gasteiger partial charge in [-0.15, -0.1) is 45.3 Å². The first-order chi connectivity index (χ1) is 54.9. The van der Waals surface area contributed by atoms with Gasteiger partial charge in [0.2, 0.25) is 0 Å². The van der Waals surface area contributed by atoms with E-state index in [1.54, 1.807) is 11.3 Å². The van der Waals surface area contributed by atoms with Crippen LogP contribution >= 0.6 is 55.2 Å². The second-order valence-electron chi connectivity index (χ2n) is 26.8. The second kappa shape index (κ2) is 33.7. The summed E-state index contributed by atoms with van der Waals surface area (Å²) in [5, 5.41) is 12.1. The molecule has 20 aromatic rings. The Hall–Kier alpha value is -12.4. The van der Waals surface area contributed by atoms with Crippen LogP contribution in [0, 0.1) is 0 Å². The summed E-state index contributed by atoms with van der Waals surface area (Å²) in [6, 6.07) is 133. The van der Waals surface area contributed by atoms with E-state index in [1.165, 1.54) is 89.7 Å². The van der Waals surface area contributed by atoms with E-state index in [9.17, 15) is 21.6 Å². The molecule has 16 heteroatoms. The third-order valence-electron chi connectivity index (χ3n) is 19.6. The Morgan fingerprint density at radius 1 is 0.270 bits per heavy atom. The highest BCUT2D eigenvalue weighted by Crippen LogP contribution is 2.52. The Kier molecular flexibility index (Phi) is 22.8. The van der Waals surface area contributed by atoms with Crippen molar-refractivity contribution < 1.29 is 25.8 Å². The van der Waals surface area contributed by atoms with Gasteiger partial charge in [-0.2, -0.15) is 21.6 Å². The Morgan fingerprint density at radius 2 is 0.548 bits per heavy atom. The maximum Gasteiger partial charge on any atom is 0.534 e. The van der Waals surface area contributed by atoms with Crippen molar-refractivity contribution in [1.29, 1.82) is 0 Å². The standard InChI is InChI=1S/C48H32N2S2.C37H22F3NO3S3.C12H11N.2CH4.H2P/c1-5-15-35(16-6-1)49(36-17-7-2-8-18-36)39-31-43-42-30-34(33-25-27-46-41(29-33)40-23-13-14-24-45(40)51-46)26-28-47(42)52-48(43)44(32-39)50(37-19-9-3-10-20-37)38-21-11-4-12-22-38;38-37(39,40)47(42,43)44-27-21-31-30-20-24(23-15-17-34-29(19-23)28-13-7-8-14-33(28)45-34)16-18-35(30)46-36(31)32(22-27)41(25-9-3-1-4-10-25)26-11-5-2-6-12-26;1-3-7-11(8-4-1)13-12-9-5-2-6-10-12;;;/h1-32H;1-22H;1-10,13H;2*1H4;1H2/q;;;;;-1. The molecule has 0 unspecified atom stereocenters. The summed E-state index contributed by atoms with van der Waals surface area (Å²) in [6.45, 7) is 0. The predicted molar refractivity (Wildman–Crippen MR) is 494 cm³/mol. The third-order valence-corrected chi connectivity index (χ3v) is 25.3. The molecule has 0 saturated heterocycles. The number of hydrogen-bond donors (Lipinski definition) is 1. The molecule has 0 aliphatic carbocycles. The van der Waals surface area contributed by atoms with Crippen LogP contribution in [0.2, 0.25) is 0 Å². The van der Waals surface area contributed by atoms with E-state index in [-0.39, 0.29) is 24.8 Å². The molecular weight excluding hydrogens is 1540 g/mol. The first kappa shape index (κ1) is 77.9. The Balaban J connectivity index is 0.000000153. The number of anilines is 11. The fourth-order valence-corrected chi connectivity index (χ4v) is 19.5. The van der Waals surface area contributed by atoms with E-state index in [1.807, 2.05) is 179 Å². The number of fused-ring (bicyclic) bond motifs is 12. The maximum absolute atomic E-state index is 13.5. The molecule has 1 N–H and O–H groups in total. The lowest BCUT2D eigenvalue weighted by molar-refractivity contribution is -0.0500. The van der Waals surface area contributed by atoms with E-state index in [4.69, 9.17) is 4.18 Å². The molecule has 566 valence electrons. The Morgan fingerprint density at radius 3 is 0.896 bits per heavy atom. The van der Waals surface area contributed by atoms with Crippen LogP contribution in [0.4, 0.5) is 75.7 Å². The van der Waals surface area contributed by atoms with E-state index < -0.39 is 21.4 Å². The minimum atomic E-state index is -5.93. The van der Waals surface area contributed by atoms with Gasteiger partial charge in [0.1, 0.15) is 5.75 Å². The minimum Gasteiger partial charge on any atom is -0.577 e. The molecule has 0 aliphatic rings. The highest BCUT2D eigenvalue weighted by Gasteiger charge is 2.49. The lowest BCUT2D eigenvalue weighted by Gasteiger charge is -2.30. The quantitative estimate of drug-likeness (QED) is 0.0623. The molecule has 0 bridgehead atoms. The van der Waals surface area contributed by atoms with Crippen LogP contribution in [-0.4, -0.2) is 13.9 Å². The lowest BCUT2D eigenvalue weighted by Crippen LogP contribution is -2.28. The largest absolute Gasteiger partial charge is 0.577 e. The number of thiophene rings is 4. The van der Waals surface area contributed by atoms with E-state index >= 15 is 0 Å². The number of benzene rings is 16. The van der Waals surface area contributed by atoms with Crippen LogP contribution in [0.1, 0.15) is 14.9 Å². The molecule has 0 spiro atoms. The molecule has 0 aliphatic heterocycles. The molecule has 0 amide bonds. The van der Waals surface area contributed by atoms with Gasteiger partial charge in [-0.25, -0.2) is 0 Å². The van der Waals surface area contributed by atoms with Crippen LogP contribution in [0.25, 0.3) is 103 Å². The van der Waals surface area contributed by atoms with E-state index in [0.717, 1.165) is 88.2 Å². The van der Waals surface area contributed by atoms with Crippen molar-refractivity contribution in [3.8, 4) is 28.0 Å². The van der Waals surface area contributed by atoms with Gasteiger partial charge >= 0.3 is 15.6 Å². The van der Waals surface area contributed by atoms with Crippen LogP contribution in [0.15, 0.2) is 388 Å². The Labute approximate surface area is 685 Å². The highest BCUT2D eigenvalue weighted by atomic mass is 32.2.